The fourth-order valence-corrected chi connectivity index (χ4v) is 20.6. The summed E-state index contributed by atoms with van der Waals surface area (Å²) in [6, 6.07) is 0. The van der Waals surface area contributed by atoms with E-state index in [2.05, 4.69) is 64.8 Å². The molecule has 0 aromatic heterocycles. The average molecular weight is 574 g/mol. The third-order valence-electron chi connectivity index (χ3n) is 8.43. The summed E-state index contributed by atoms with van der Waals surface area (Å²) >= 11 is -2.40. The Morgan fingerprint density at radius 2 is 1.38 bits per heavy atom. The van der Waals surface area contributed by atoms with Gasteiger partial charge in [0, 0.05) is 0 Å². The first-order valence-corrected chi connectivity index (χ1v) is 24.7. The van der Waals surface area contributed by atoms with Crippen molar-refractivity contribution in [3.05, 3.63) is 10.2 Å². The van der Waals surface area contributed by atoms with Crippen LogP contribution in [0.1, 0.15) is 112 Å². The Morgan fingerprint density at radius 3 is 1.78 bits per heavy atom. The van der Waals surface area contributed by atoms with Gasteiger partial charge in [0.15, 0.2) is 0 Å². The van der Waals surface area contributed by atoms with Crippen molar-refractivity contribution in [3.63, 3.8) is 0 Å². The Labute approximate surface area is 207 Å². The van der Waals surface area contributed by atoms with Gasteiger partial charge >= 0.3 is 208 Å². The van der Waals surface area contributed by atoms with Crippen LogP contribution in [0.15, 0.2) is 10.2 Å². The zero-order chi connectivity index (χ0) is 24.3. The second-order valence-corrected chi connectivity index (χ2v) is 30.0. The van der Waals surface area contributed by atoms with E-state index in [-0.39, 0.29) is 17.2 Å². The van der Waals surface area contributed by atoms with Crippen LogP contribution in [0.25, 0.3) is 0 Å². The van der Waals surface area contributed by atoms with E-state index in [4.69, 9.17) is 4.43 Å². The van der Waals surface area contributed by atoms with Crippen molar-refractivity contribution in [2.24, 2.45) is 5.92 Å². The standard InChI is InChI=1S/C16H31O2Si.3C4H9.Sn/c1-7-14(18-19(5,6)16(2,3)4)15(17)13-11-9-8-10-12-13;3*1-3-4-2;/h1,7,13-15,17H,8-12H2,2-6H3;3*1,3-4H2,2H3;/t14-,15+;;;;/m0..../s1. The van der Waals surface area contributed by atoms with E-state index in [1.807, 2.05) is 0 Å². The summed E-state index contributed by atoms with van der Waals surface area (Å²) in [5.41, 5.74) is 0. The van der Waals surface area contributed by atoms with Crippen LogP contribution in [0.2, 0.25) is 31.4 Å². The Balaban J connectivity index is 3.23. The van der Waals surface area contributed by atoms with E-state index in [1.54, 1.807) is 0 Å². The summed E-state index contributed by atoms with van der Waals surface area (Å²) in [5.74, 6) is 0.412. The number of hydrogen-bond acceptors (Lipinski definition) is 2. The third-order valence-corrected chi connectivity index (χ3v) is 27.0. The Morgan fingerprint density at radius 1 is 0.906 bits per heavy atom. The molecule has 4 heteroatoms. The van der Waals surface area contributed by atoms with Crippen molar-refractivity contribution in [3.8, 4) is 0 Å². The van der Waals surface area contributed by atoms with Gasteiger partial charge in [0.05, 0.1) is 0 Å². The number of unbranched alkanes of at least 4 members (excludes halogenated alkanes) is 3. The fourth-order valence-electron chi connectivity index (χ4n) is 4.99. The van der Waals surface area contributed by atoms with Crippen LogP contribution in [0.3, 0.4) is 0 Å². The molecule has 190 valence electrons. The first kappa shape index (κ1) is 30.7. The van der Waals surface area contributed by atoms with Gasteiger partial charge in [0.25, 0.3) is 0 Å². The Bertz CT molecular complexity index is 498. The van der Waals surface area contributed by atoms with Crippen LogP contribution in [0.4, 0.5) is 0 Å². The van der Waals surface area contributed by atoms with E-state index in [1.165, 1.54) is 83.9 Å². The fraction of sp³-hybridized carbons (Fsp3) is 0.929. The molecule has 0 aromatic rings. The third kappa shape index (κ3) is 10.1. The molecule has 0 aromatic carbocycles. The van der Waals surface area contributed by atoms with Gasteiger partial charge < -0.3 is 0 Å². The van der Waals surface area contributed by atoms with Gasteiger partial charge in [-0.3, -0.25) is 0 Å². The zero-order valence-corrected chi connectivity index (χ0v) is 27.0. The topological polar surface area (TPSA) is 29.5 Å². The molecule has 0 aliphatic heterocycles. The van der Waals surface area contributed by atoms with Crippen LogP contribution < -0.4 is 0 Å². The number of rotatable bonds is 15. The zero-order valence-electron chi connectivity index (χ0n) is 23.1. The van der Waals surface area contributed by atoms with Gasteiger partial charge in [-0.15, -0.1) is 0 Å². The maximum absolute atomic E-state index is 11.6. The molecule has 2 nitrogen and oxygen atoms in total. The minimum atomic E-state index is -2.40. The number of aliphatic hydroxyl groups excluding tert-OH is 1. The predicted molar refractivity (Wildman–Crippen MR) is 149 cm³/mol. The summed E-state index contributed by atoms with van der Waals surface area (Å²) < 4.78 is 14.1. The monoisotopic (exact) mass is 574 g/mol. The van der Waals surface area contributed by atoms with E-state index in [0.717, 1.165) is 0 Å². The molecule has 0 heterocycles. The molecule has 1 aliphatic carbocycles. The minimum absolute atomic E-state index is 0.111. The Kier molecular flexibility index (Phi) is 14.3. The van der Waals surface area contributed by atoms with Crippen LogP contribution in [-0.2, 0) is 4.43 Å². The molecular formula is C28H58O2SiSn. The molecule has 1 fully saturated rings. The van der Waals surface area contributed by atoms with Crippen molar-refractivity contribution >= 4 is 26.7 Å². The maximum atomic E-state index is 11.6. The molecule has 0 amide bonds. The molecule has 0 bridgehead atoms. The van der Waals surface area contributed by atoms with Crippen molar-refractivity contribution in [1.82, 2.24) is 0 Å². The summed E-state index contributed by atoms with van der Waals surface area (Å²) in [6.45, 7) is 18.7. The van der Waals surface area contributed by atoms with Crippen LogP contribution in [0, 0.1) is 5.92 Å². The van der Waals surface area contributed by atoms with Crippen LogP contribution >= 0.6 is 0 Å². The SMILES string of the molecule is CCC[CH2][Sn](/[CH]=C/[C@H](O[Si](C)(C)C(C)(C)C)[C@H](O)C1CCCCC1)([CH2]CCC)[CH2]CCC. The normalized spacial score (nSPS) is 18.9. The van der Waals surface area contributed by atoms with E-state index >= 15 is 0 Å². The van der Waals surface area contributed by atoms with E-state index in [9.17, 15) is 5.11 Å². The number of hydrogen-bond donors (Lipinski definition) is 1. The molecule has 0 radical (unpaired) electrons. The molecule has 2 atom stereocenters. The predicted octanol–water partition coefficient (Wildman–Crippen LogP) is 9.26. The van der Waals surface area contributed by atoms with Gasteiger partial charge in [-0.25, -0.2) is 0 Å². The van der Waals surface area contributed by atoms with Gasteiger partial charge in [-0.05, 0) is 0 Å². The van der Waals surface area contributed by atoms with Crippen molar-refractivity contribution in [2.45, 2.75) is 156 Å². The molecule has 0 unspecified atom stereocenters. The molecule has 0 spiro atoms. The van der Waals surface area contributed by atoms with Crippen LogP contribution in [0.5, 0.6) is 0 Å². The summed E-state index contributed by atoms with van der Waals surface area (Å²) in [4.78, 5) is 0. The molecule has 0 saturated heterocycles. The van der Waals surface area contributed by atoms with Gasteiger partial charge in [0.1, 0.15) is 0 Å². The molecule has 1 aliphatic rings. The molecular weight excluding hydrogens is 515 g/mol. The van der Waals surface area contributed by atoms with Gasteiger partial charge in [0.2, 0.25) is 0 Å². The first-order chi connectivity index (χ1) is 15.0. The second kappa shape index (κ2) is 14.9. The summed E-state index contributed by atoms with van der Waals surface area (Å²) in [7, 11) is -1.95. The molecule has 32 heavy (non-hydrogen) atoms. The van der Waals surface area contributed by atoms with Crippen molar-refractivity contribution < 1.29 is 9.53 Å². The molecule has 1 N–H and O–H groups in total. The van der Waals surface area contributed by atoms with Crippen molar-refractivity contribution in [2.75, 3.05) is 0 Å². The van der Waals surface area contributed by atoms with Gasteiger partial charge in [-0.1, -0.05) is 0 Å². The van der Waals surface area contributed by atoms with Crippen LogP contribution in [-0.4, -0.2) is 44.0 Å². The average Bonchev–Trinajstić information content (AvgIpc) is 2.76. The summed E-state index contributed by atoms with van der Waals surface area (Å²) in [6.07, 6.45) is 16.2. The van der Waals surface area contributed by atoms with Gasteiger partial charge in [-0.2, -0.15) is 0 Å². The quantitative estimate of drug-likeness (QED) is 0.198. The summed E-state index contributed by atoms with van der Waals surface area (Å²) in [5, 5.41) is 11.7. The van der Waals surface area contributed by atoms with E-state index in [0.29, 0.717) is 5.92 Å². The number of aliphatic hydroxyl groups is 1. The molecule has 1 rings (SSSR count). The Hall–Kier alpha value is 0.676. The first-order valence-electron chi connectivity index (χ1n) is 14.1. The second-order valence-electron chi connectivity index (χ2n) is 12.3. The van der Waals surface area contributed by atoms with E-state index < -0.39 is 26.7 Å². The molecule has 1 saturated carbocycles. The van der Waals surface area contributed by atoms with Crippen molar-refractivity contribution in [1.29, 1.82) is 0 Å².